The van der Waals surface area contributed by atoms with Crippen molar-refractivity contribution in [1.29, 1.82) is 0 Å². The number of amides is 2. The number of hydrogen-bond acceptors (Lipinski definition) is 10. The van der Waals surface area contributed by atoms with Gasteiger partial charge in [-0.1, -0.05) is 65.0 Å². The van der Waals surface area contributed by atoms with Gasteiger partial charge in [0.25, 0.3) is 17.7 Å². The van der Waals surface area contributed by atoms with Crippen molar-refractivity contribution in [2.45, 2.75) is 12.3 Å². The topological polar surface area (TPSA) is 135 Å². The fourth-order valence-electron chi connectivity index (χ4n) is 4.16. The molecule has 0 bridgehead atoms. The van der Waals surface area contributed by atoms with Crippen molar-refractivity contribution in [3.8, 4) is 11.6 Å². The molecule has 0 radical (unpaired) electrons. The van der Waals surface area contributed by atoms with Gasteiger partial charge < -0.3 is 19.8 Å². The molecule has 0 aliphatic carbocycles. The van der Waals surface area contributed by atoms with Crippen LogP contribution in [0.1, 0.15) is 16.1 Å². The van der Waals surface area contributed by atoms with Crippen LogP contribution in [0.15, 0.2) is 64.0 Å². The van der Waals surface area contributed by atoms with Gasteiger partial charge in [0.2, 0.25) is 11.2 Å². The zero-order valence-electron chi connectivity index (χ0n) is 20.3. The van der Waals surface area contributed by atoms with E-state index in [1.807, 2.05) is 42.5 Å². The van der Waals surface area contributed by atoms with Crippen molar-refractivity contribution in [1.82, 2.24) is 15.2 Å². The van der Waals surface area contributed by atoms with Crippen LogP contribution in [0.4, 0.5) is 29.9 Å². The number of anilines is 3. The molecule has 2 amide bonds. The smallest absolute Gasteiger partial charge is 0.402 e. The lowest BCUT2D eigenvalue weighted by Gasteiger charge is -2.25. The van der Waals surface area contributed by atoms with Gasteiger partial charge in [-0.25, -0.2) is 9.98 Å². The number of aromatic nitrogens is 3. The summed E-state index contributed by atoms with van der Waals surface area (Å²) < 4.78 is 51.3. The van der Waals surface area contributed by atoms with E-state index in [9.17, 15) is 22.8 Å². The SMILES string of the molecule is O=C1Nc2ccccc2C(c2ccccc2)=N[C@@H]1Nc1nnc(-c2nc(C(F)(F)F)sc2N2CCOCC2=O)o1. The normalized spacial score (nSPS) is 17.6. The summed E-state index contributed by atoms with van der Waals surface area (Å²) in [7, 11) is 0. The summed E-state index contributed by atoms with van der Waals surface area (Å²) in [6.07, 6.45) is -5.98. The molecular formula is C25H18F3N7O4S. The first kappa shape index (κ1) is 25.6. The van der Waals surface area contributed by atoms with Crippen molar-refractivity contribution in [3.63, 3.8) is 0 Å². The van der Waals surface area contributed by atoms with Crippen molar-refractivity contribution < 1.29 is 31.9 Å². The molecule has 2 aliphatic rings. The number of morpholine rings is 1. The van der Waals surface area contributed by atoms with E-state index in [1.165, 1.54) is 0 Å². The minimum atomic E-state index is -4.76. The number of fused-ring (bicyclic) bond motifs is 1. The lowest BCUT2D eigenvalue weighted by Crippen LogP contribution is -2.41. The molecule has 11 nitrogen and oxygen atoms in total. The molecular weight excluding hydrogens is 551 g/mol. The van der Waals surface area contributed by atoms with Gasteiger partial charge in [0, 0.05) is 11.1 Å². The van der Waals surface area contributed by atoms with E-state index >= 15 is 0 Å². The van der Waals surface area contributed by atoms with Gasteiger partial charge in [-0.05, 0) is 6.07 Å². The molecule has 40 heavy (non-hydrogen) atoms. The Hall–Kier alpha value is -4.63. The summed E-state index contributed by atoms with van der Waals surface area (Å²) in [6.45, 7) is -0.109. The van der Waals surface area contributed by atoms with Gasteiger partial charge in [-0.15, -0.1) is 5.10 Å². The summed E-state index contributed by atoms with van der Waals surface area (Å²) in [5.41, 5.74) is 2.21. The molecule has 6 rings (SSSR count). The minimum absolute atomic E-state index is 0.0321. The van der Waals surface area contributed by atoms with Crippen LogP contribution in [-0.2, 0) is 20.5 Å². The van der Waals surface area contributed by atoms with Gasteiger partial charge in [-0.2, -0.15) is 13.2 Å². The molecule has 0 unspecified atom stereocenters. The number of nitrogens with one attached hydrogen (secondary N) is 2. The first-order chi connectivity index (χ1) is 19.3. The van der Waals surface area contributed by atoms with Crippen LogP contribution in [0.5, 0.6) is 0 Å². The zero-order chi connectivity index (χ0) is 27.9. The van der Waals surface area contributed by atoms with E-state index in [0.717, 1.165) is 10.5 Å². The highest BCUT2D eigenvalue weighted by Gasteiger charge is 2.39. The number of nitrogens with zero attached hydrogens (tertiary/aromatic N) is 5. The van der Waals surface area contributed by atoms with Crippen LogP contribution >= 0.6 is 11.3 Å². The molecule has 4 aromatic rings. The van der Waals surface area contributed by atoms with Gasteiger partial charge in [0.05, 0.1) is 24.6 Å². The van der Waals surface area contributed by atoms with Crippen molar-refractivity contribution in [2.75, 3.05) is 35.3 Å². The van der Waals surface area contributed by atoms with Crippen molar-refractivity contribution >= 4 is 45.6 Å². The fraction of sp³-hybridized carbons (Fsp3) is 0.200. The molecule has 0 saturated carbocycles. The van der Waals surface area contributed by atoms with Crippen LogP contribution in [0.3, 0.4) is 0 Å². The second-order valence-electron chi connectivity index (χ2n) is 8.61. The van der Waals surface area contributed by atoms with Crippen LogP contribution in [-0.4, -0.2) is 58.6 Å². The Balaban J connectivity index is 1.35. The molecule has 2 N–H and O–H groups in total. The number of hydrogen-bond donors (Lipinski definition) is 2. The van der Waals surface area contributed by atoms with Crippen LogP contribution in [0.25, 0.3) is 11.6 Å². The van der Waals surface area contributed by atoms with E-state index in [1.54, 1.807) is 12.1 Å². The Morgan fingerprint density at radius 1 is 1.05 bits per heavy atom. The quantitative estimate of drug-likeness (QED) is 0.371. The average molecular weight is 570 g/mol. The van der Waals surface area contributed by atoms with Crippen LogP contribution in [0, 0.1) is 0 Å². The fourth-order valence-corrected chi connectivity index (χ4v) is 5.13. The molecule has 15 heteroatoms. The summed E-state index contributed by atoms with van der Waals surface area (Å²) in [4.78, 5) is 34.9. The first-order valence-electron chi connectivity index (χ1n) is 11.9. The Morgan fingerprint density at radius 3 is 2.60 bits per heavy atom. The number of benzodiazepines with no additional fused rings is 1. The van der Waals surface area contributed by atoms with Crippen LogP contribution in [0.2, 0.25) is 0 Å². The number of thiazole rings is 1. The van der Waals surface area contributed by atoms with Gasteiger partial charge >= 0.3 is 12.2 Å². The number of carbonyl (C=O) groups is 2. The number of para-hydroxylation sites is 1. The molecule has 1 saturated heterocycles. The molecule has 2 aromatic heterocycles. The highest BCUT2D eigenvalue weighted by atomic mass is 32.1. The van der Waals surface area contributed by atoms with E-state index in [2.05, 4.69) is 30.8 Å². The Labute approximate surface area is 227 Å². The van der Waals surface area contributed by atoms with Crippen LogP contribution < -0.4 is 15.5 Å². The Bertz CT molecular complexity index is 1620. The Morgan fingerprint density at radius 2 is 1.82 bits per heavy atom. The lowest BCUT2D eigenvalue weighted by atomic mass is 10.0. The molecule has 1 fully saturated rings. The van der Waals surface area contributed by atoms with E-state index in [0.29, 0.717) is 17.0 Å². The highest BCUT2D eigenvalue weighted by molar-refractivity contribution is 7.16. The number of ether oxygens (including phenoxy) is 1. The third-order valence-corrected chi connectivity index (χ3v) is 7.09. The largest absolute Gasteiger partial charge is 0.443 e. The van der Waals surface area contributed by atoms with E-state index in [4.69, 9.17) is 9.15 Å². The molecule has 0 spiro atoms. The molecule has 1 atom stereocenters. The Kier molecular flexibility index (Phi) is 6.51. The molecule has 204 valence electrons. The van der Waals surface area contributed by atoms with Gasteiger partial charge in [-0.3, -0.25) is 14.5 Å². The number of alkyl halides is 3. The predicted octanol–water partition coefficient (Wildman–Crippen LogP) is 3.80. The van der Waals surface area contributed by atoms with Gasteiger partial charge in [0.15, 0.2) is 5.69 Å². The maximum atomic E-state index is 13.5. The summed E-state index contributed by atoms with van der Waals surface area (Å²) in [6, 6.07) is 16.1. The zero-order valence-corrected chi connectivity index (χ0v) is 21.1. The monoisotopic (exact) mass is 569 g/mol. The summed E-state index contributed by atoms with van der Waals surface area (Å²) >= 11 is 0.290. The maximum Gasteiger partial charge on any atom is 0.443 e. The molecule has 2 aliphatic heterocycles. The van der Waals surface area contributed by atoms with Crippen molar-refractivity contribution in [2.24, 2.45) is 4.99 Å². The number of rotatable bonds is 5. The van der Waals surface area contributed by atoms with E-state index in [-0.39, 0.29) is 53.7 Å². The summed E-state index contributed by atoms with van der Waals surface area (Å²) in [5, 5.41) is 12.0. The summed E-state index contributed by atoms with van der Waals surface area (Å²) in [5.74, 6) is -1.42. The maximum absolute atomic E-state index is 13.5. The number of aliphatic imine (C=N–C) groups is 1. The second kappa shape index (κ2) is 10.2. The molecule has 4 heterocycles. The minimum Gasteiger partial charge on any atom is -0.402 e. The average Bonchev–Trinajstić information content (AvgIpc) is 3.57. The highest BCUT2D eigenvalue weighted by Crippen LogP contribution is 2.42. The number of benzene rings is 2. The van der Waals surface area contributed by atoms with Crippen molar-refractivity contribution in [3.05, 3.63) is 70.7 Å². The number of carbonyl (C=O) groups excluding carboxylic acids is 2. The third kappa shape index (κ3) is 4.91. The second-order valence-corrected chi connectivity index (χ2v) is 9.58. The molecule has 2 aromatic carbocycles. The van der Waals surface area contributed by atoms with Gasteiger partial charge in [0.1, 0.15) is 11.6 Å². The predicted molar refractivity (Wildman–Crippen MR) is 138 cm³/mol. The van der Waals surface area contributed by atoms with E-state index < -0.39 is 29.2 Å². The third-order valence-electron chi connectivity index (χ3n) is 5.96. The lowest BCUT2D eigenvalue weighted by molar-refractivity contribution is -0.137. The standard InChI is InChI=1S/C25H18F3N7O4S/c26-25(27,28)23-31-18(22(40-23)35-10-11-38-12-16(35)36)21-33-34-24(39-21)32-19-20(37)29-15-9-5-4-8-14(15)17(30-19)13-6-2-1-3-7-13/h1-9,19H,10-12H2,(H,29,37)(H,32,34)/t19-/m1/s1. The number of halogens is 3. The first-order valence-corrected chi connectivity index (χ1v) is 12.7.